The summed E-state index contributed by atoms with van der Waals surface area (Å²) in [5.74, 6) is -1.06. The van der Waals surface area contributed by atoms with Crippen molar-refractivity contribution in [1.29, 1.82) is 0 Å². The lowest BCUT2D eigenvalue weighted by Crippen LogP contribution is -2.33. The van der Waals surface area contributed by atoms with Crippen molar-refractivity contribution in [2.24, 2.45) is 0 Å². The Labute approximate surface area is 135 Å². The molecule has 5 heteroatoms. The van der Waals surface area contributed by atoms with Gasteiger partial charge in [0.05, 0.1) is 5.69 Å². The van der Waals surface area contributed by atoms with Crippen LogP contribution in [0.25, 0.3) is 11.3 Å². The second-order valence-electron chi connectivity index (χ2n) is 5.50. The molecule has 0 aliphatic heterocycles. The van der Waals surface area contributed by atoms with Gasteiger partial charge in [-0.1, -0.05) is 18.2 Å². The normalized spacial score (nSPS) is 11.7. The van der Waals surface area contributed by atoms with E-state index in [9.17, 15) is 9.59 Å². The van der Waals surface area contributed by atoms with E-state index in [0.717, 1.165) is 16.8 Å². The molecular weight excluding hydrogens is 292 g/mol. The van der Waals surface area contributed by atoms with Crippen LogP contribution >= 0.6 is 0 Å². The van der Waals surface area contributed by atoms with E-state index >= 15 is 0 Å². The Morgan fingerprint density at radius 1 is 1.22 bits per heavy atom. The molecule has 1 heterocycles. The molecule has 1 amide bonds. The molecule has 0 radical (unpaired) electrons. The summed E-state index contributed by atoms with van der Waals surface area (Å²) in [5, 5.41) is 11.5. The maximum Gasteiger partial charge on any atom is 0.303 e. The van der Waals surface area contributed by atoms with Crippen molar-refractivity contribution in [2.45, 2.75) is 32.7 Å². The standard InChI is InChI=1S/C18H20N2O3/c1-12(9-10-17(21)22)20-18(23)15-7-5-6-14(13(15)2)16-8-3-4-11-19-16/h3-8,11-12H,9-10H2,1-2H3,(H,20,23)(H,21,22). The Morgan fingerprint density at radius 2 is 2.00 bits per heavy atom. The van der Waals surface area contributed by atoms with E-state index in [-0.39, 0.29) is 18.4 Å². The quantitative estimate of drug-likeness (QED) is 0.859. The summed E-state index contributed by atoms with van der Waals surface area (Å²) < 4.78 is 0. The lowest BCUT2D eigenvalue weighted by Gasteiger charge is -2.15. The summed E-state index contributed by atoms with van der Waals surface area (Å²) in [6, 6.07) is 11.0. The van der Waals surface area contributed by atoms with Crippen LogP contribution < -0.4 is 5.32 Å². The Kier molecular flexibility index (Phi) is 5.46. The summed E-state index contributed by atoms with van der Waals surface area (Å²) in [5.41, 5.74) is 3.17. The topological polar surface area (TPSA) is 79.3 Å². The Bertz CT molecular complexity index is 699. The number of carbonyl (C=O) groups is 2. The number of carbonyl (C=O) groups excluding carboxylic acids is 1. The third-order valence-corrected chi connectivity index (χ3v) is 3.69. The van der Waals surface area contributed by atoms with Crippen molar-refractivity contribution in [3.63, 3.8) is 0 Å². The molecule has 0 bridgehead atoms. The Balaban J connectivity index is 2.17. The number of amides is 1. The van der Waals surface area contributed by atoms with Gasteiger partial charge in [-0.25, -0.2) is 0 Å². The van der Waals surface area contributed by atoms with E-state index in [1.165, 1.54) is 0 Å². The number of nitrogens with one attached hydrogen (secondary N) is 1. The highest BCUT2D eigenvalue weighted by atomic mass is 16.4. The van der Waals surface area contributed by atoms with Crippen LogP contribution in [0, 0.1) is 6.92 Å². The minimum Gasteiger partial charge on any atom is -0.481 e. The van der Waals surface area contributed by atoms with E-state index < -0.39 is 5.97 Å². The number of nitrogens with zero attached hydrogens (tertiary/aromatic N) is 1. The maximum absolute atomic E-state index is 12.4. The van der Waals surface area contributed by atoms with Crippen molar-refractivity contribution in [3.05, 3.63) is 53.7 Å². The van der Waals surface area contributed by atoms with Gasteiger partial charge in [0, 0.05) is 29.8 Å². The molecule has 23 heavy (non-hydrogen) atoms. The highest BCUT2D eigenvalue weighted by molar-refractivity contribution is 5.97. The monoisotopic (exact) mass is 312 g/mol. The molecule has 2 rings (SSSR count). The highest BCUT2D eigenvalue weighted by Gasteiger charge is 2.15. The molecule has 1 aromatic carbocycles. The summed E-state index contributed by atoms with van der Waals surface area (Å²) in [4.78, 5) is 27.3. The van der Waals surface area contributed by atoms with Gasteiger partial charge in [0.15, 0.2) is 0 Å². The van der Waals surface area contributed by atoms with Gasteiger partial charge in [-0.15, -0.1) is 0 Å². The molecule has 0 saturated heterocycles. The summed E-state index contributed by atoms with van der Waals surface area (Å²) in [6.45, 7) is 3.69. The van der Waals surface area contributed by atoms with Gasteiger partial charge in [0.2, 0.25) is 0 Å². The first-order valence-electron chi connectivity index (χ1n) is 7.52. The lowest BCUT2D eigenvalue weighted by molar-refractivity contribution is -0.137. The van der Waals surface area contributed by atoms with Crippen LogP contribution in [-0.4, -0.2) is 28.0 Å². The number of carboxylic acid groups (broad SMARTS) is 1. The van der Waals surface area contributed by atoms with Gasteiger partial charge < -0.3 is 10.4 Å². The zero-order valence-corrected chi connectivity index (χ0v) is 13.2. The Hall–Kier alpha value is -2.69. The predicted molar refractivity (Wildman–Crippen MR) is 88.2 cm³/mol. The first-order valence-corrected chi connectivity index (χ1v) is 7.52. The van der Waals surface area contributed by atoms with Crippen LogP contribution in [0.2, 0.25) is 0 Å². The molecule has 5 nitrogen and oxygen atoms in total. The first-order chi connectivity index (χ1) is 11.0. The molecular formula is C18H20N2O3. The number of aromatic nitrogens is 1. The number of hydrogen-bond donors (Lipinski definition) is 2. The van der Waals surface area contributed by atoms with Gasteiger partial charge in [-0.3, -0.25) is 14.6 Å². The van der Waals surface area contributed by atoms with Crippen molar-refractivity contribution < 1.29 is 14.7 Å². The fourth-order valence-electron chi connectivity index (χ4n) is 2.39. The smallest absolute Gasteiger partial charge is 0.303 e. The second-order valence-corrected chi connectivity index (χ2v) is 5.50. The molecule has 0 saturated carbocycles. The van der Waals surface area contributed by atoms with Crippen LogP contribution in [0.1, 0.15) is 35.7 Å². The number of carboxylic acids is 1. The largest absolute Gasteiger partial charge is 0.481 e. The average molecular weight is 312 g/mol. The van der Waals surface area contributed by atoms with Crippen molar-refractivity contribution in [2.75, 3.05) is 0 Å². The fraction of sp³-hybridized carbons (Fsp3) is 0.278. The van der Waals surface area contributed by atoms with Gasteiger partial charge in [-0.2, -0.15) is 0 Å². The van der Waals surface area contributed by atoms with Crippen molar-refractivity contribution in [3.8, 4) is 11.3 Å². The number of benzene rings is 1. The number of hydrogen-bond acceptors (Lipinski definition) is 3. The summed E-state index contributed by atoms with van der Waals surface area (Å²) in [7, 11) is 0. The molecule has 120 valence electrons. The van der Waals surface area contributed by atoms with Gasteiger partial charge >= 0.3 is 5.97 Å². The minimum atomic E-state index is -0.862. The van der Waals surface area contributed by atoms with Crippen LogP contribution in [0.3, 0.4) is 0 Å². The third kappa shape index (κ3) is 4.39. The lowest BCUT2D eigenvalue weighted by atomic mass is 9.99. The van der Waals surface area contributed by atoms with E-state index in [0.29, 0.717) is 12.0 Å². The molecule has 0 fully saturated rings. The van der Waals surface area contributed by atoms with E-state index in [1.54, 1.807) is 19.2 Å². The van der Waals surface area contributed by atoms with Crippen molar-refractivity contribution in [1.82, 2.24) is 10.3 Å². The van der Waals surface area contributed by atoms with Crippen LogP contribution in [0.15, 0.2) is 42.6 Å². The van der Waals surface area contributed by atoms with Gasteiger partial charge in [-0.05, 0) is 44.0 Å². The van der Waals surface area contributed by atoms with E-state index in [1.807, 2.05) is 37.3 Å². The van der Waals surface area contributed by atoms with E-state index in [2.05, 4.69) is 10.3 Å². The van der Waals surface area contributed by atoms with Crippen LogP contribution in [0.4, 0.5) is 0 Å². The third-order valence-electron chi connectivity index (χ3n) is 3.69. The molecule has 1 unspecified atom stereocenters. The zero-order valence-electron chi connectivity index (χ0n) is 13.2. The fourth-order valence-corrected chi connectivity index (χ4v) is 2.39. The predicted octanol–water partition coefficient (Wildman–Crippen LogP) is 3.04. The number of aliphatic carboxylic acids is 1. The molecule has 1 aromatic heterocycles. The summed E-state index contributed by atoms with van der Waals surface area (Å²) >= 11 is 0. The molecule has 2 aromatic rings. The molecule has 1 atom stereocenters. The number of rotatable bonds is 6. The summed E-state index contributed by atoms with van der Waals surface area (Å²) in [6.07, 6.45) is 2.16. The second kappa shape index (κ2) is 7.54. The van der Waals surface area contributed by atoms with Gasteiger partial charge in [0.25, 0.3) is 5.91 Å². The average Bonchev–Trinajstić information content (AvgIpc) is 2.54. The SMILES string of the molecule is Cc1c(C(=O)NC(C)CCC(=O)O)cccc1-c1ccccn1. The molecule has 0 spiro atoms. The van der Waals surface area contributed by atoms with Crippen molar-refractivity contribution >= 4 is 11.9 Å². The molecule has 0 aliphatic carbocycles. The van der Waals surface area contributed by atoms with Gasteiger partial charge in [0.1, 0.15) is 0 Å². The minimum absolute atomic E-state index is 0.0361. The maximum atomic E-state index is 12.4. The first kappa shape index (κ1) is 16.7. The number of pyridine rings is 1. The van der Waals surface area contributed by atoms with Crippen LogP contribution in [-0.2, 0) is 4.79 Å². The van der Waals surface area contributed by atoms with Crippen LogP contribution in [0.5, 0.6) is 0 Å². The molecule has 0 aliphatic rings. The van der Waals surface area contributed by atoms with E-state index in [4.69, 9.17) is 5.11 Å². The Morgan fingerprint density at radius 3 is 2.65 bits per heavy atom. The zero-order chi connectivity index (χ0) is 16.8. The molecule has 2 N–H and O–H groups in total. The highest BCUT2D eigenvalue weighted by Crippen LogP contribution is 2.23.